The van der Waals surface area contributed by atoms with E-state index in [1.54, 1.807) is 16.7 Å². The standard InChI is InChI=1S/C13H17N5S2/c1-16(2)18(13(19)20)11-10(15-17(3)12(11)14)9-7-5-4-6-8-9/h4-8H,14H2,1-3H3,(H,19,20). The summed E-state index contributed by atoms with van der Waals surface area (Å²) in [6, 6.07) is 9.86. The van der Waals surface area contributed by atoms with Crippen LogP contribution >= 0.6 is 24.8 Å². The second-order valence-electron chi connectivity index (χ2n) is 4.51. The largest absolute Gasteiger partial charge is 0.382 e. The summed E-state index contributed by atoms with van der Waals surface area (Å²) in [5.41, 5.74) is 8.65. The predicted molar refractivity (Wildman–Crippen MR) is 90.8 cm³/mol. The van der Waals surface area contributed by atoms with Crippen LogP contribution in [0.25, 0.3) is 11.3 Å². The molecule has 0 radical (unpaired) electrons. The number of nitrogens with zero attached hydrogens (tertiary/aromatic N) is 4. The van der Waals surface area contributed by atoms with E-state index in [1.807, 2.05) is 49.4 Å². The molecule has 20 heavy (non-hydrogen) atoms. The van der Waals surface area contributed by atoms with Crippen molar-refractivity contribution in [3.05, 3.63) is 30.3 Å². The van der Waals surface area contributed by atoms with Gasteiger partial charge in [-0.3, -0.25) is 9.69 Å². The maximum atomic E-state index is 6.16. The molecule has 0 saturated heterocycles. The molecule has 2 aromatic rings. The highest BCUT2D eigenvalue weighted by Crippen LogP contribution is 2.35. The lowest BCUT2D eigenvalue weighted by Crippen LogP contribution is -2.39. The summed E-state index contributed by atoms with van der Waals surface area (Å²) in [5.74, 6) is 0.536. The third-order valence-electron chi connectivity index (χ3n) is 2.91. The normalized spacial score (nSPS) is 10.8. The maximum absolute atomic E-state index is 6.16. The van der Waals surface area contributed by atoms with E-state index in [9.17, 15) is 0 Å². The van der Waals surface area contributed by atoms with Crippen molar-refractivity contribution in [2.75, 3.05) is 24.8 Å². The van der Waals surface area contributed by atoms with Crippen LogP contribution in [-0.4, -0.2) is 33.2 Å². The second-order valence-corrected chi connectivity index (χ2v) is 5.63. The molecule has 5 nitrogen and oxygen atoms in total. The Morgan fingerprint density at radius 2 is 1.90 bits per heavy atom. The highest BCUT2D eigenvalue weighted by Gasteiger charge is 2.24. The number of aryl methyl sites for hydroxylation is 1. The molecule has 0 aliphatic heterocycles. The maximum Gasteiger partial charge on any atom is 0.152 e. The molecule has 0 aliphatic rings. The summed E-state index contributed by atoms with van der Waals surface area (Å²) in [6.45, 7) is 0. The number of rotatable bonds is 3. The van der Waals surface area contributed by atoms with E-state index in [1.165, 1.54) is 0 Å². The molecule has 0 amide bonds. The Balaban J connectivity index is 2.66. The van der Waals surface area contributed by atoms with Crippen molar-refractivity contribution in [1.29, 1.82) is 0 Å². The molecular weight excluding hydrogens is 290 g/mol. The number of hydrogen-bond acceptors (Lipinski definition) is 4. The van der Waals surface area contributed by atoms with E-state index >= 15 is 0 Å². The lowest BCUT2D eigenvalue weighted by molar-refractivity contribution is 0.434. The van der Waals surface area contributed by atoms with Gasteiger partial charge in [0.2, 0.25) is 0 Å². The highest BCUT2D eigenvalue weighted by atomic mass is 32.1. The summed E-state index contributed by atoms with van der Waals surface area (Å²) in [4.78, 5) is 0. The summed E-state index contributed by atoms with van der Waals surface area (Å²) < 4.78 is 2.05. The average Bonchev–Trinajstić information content (AvgIpc) is 2.68. The summed E-state index contributed by atoms with van der Waals surface area (Å²) in [7, 11) is 5.56. The molecule has 0 fully saturated rings. The lowest BCUT2D eigenvalue weighted by atomic mass is 10.1. The van der Waals surface area contributed by atoms with Crippen molar-refractivity contribution in [1.82, 2.24) is 14.8 Å². The molecule has 2 rings (SSSR count). The van der Waals surface area contributed by atoms with Gasteiger partial charge in [0.25, 0.3) is 0 Å². The summed E-state index contributed by atoms with van der Waals surface area (Å²) >= 11 is 9.49. The van der Waals surface area contributed by atoms with Crippen molar-refractivity contribution in [3.8, 4) is 11.3 Å². The van der Waals surface area contributed by atoms with Gasteiger partial charge < -0.3 is 5.73 Å². The monoisotopic (exact) mass is 307 g/mol. The summed E-state index contributed by atoms with van der Waals surface area (Å²) in [6.07, 6.45) is 0. The molecule has 0 spiro atoms. The number of nitrogen functional groups attached to an aromatic ring is 1. The first-order chi connectivity index (χ1) is 9.43. The van der Waals surface area contributed by atoms with Crippen LogP contribution in [-0.2, 0) is 7.05 Å². The molecule has 0 bridgehead atoms. The number of nitrogens with two attached hydrogens (primary N) is 1. The van der Waals surface area contributed by atoms with E-state index < -0.39 is 0 Å². The number of benzene rings is 1. The number of thiol groups is 1. The average molecular weight is 307 g/mol. The quantitative estimate of drug-likeness (QED) is 0.517. The minimum atomic E-state index is 0.409. The van der Waals surface area contributed by atoms with Crippen LogP contribution in [0.2, 0.25) is 0 Å². The molecule has 0 saturated carbocycles. The second kappa shape index (κ2) is 5.82. The number of hydrazine groups is 1. The number of anilines is 2. The van der Waals surface area contributed by atoms with Crippen LogP contribution in [0.4, 0.5) is 11.5 Å². The zero-order chi connectivity index (χ0) is 14.9. The van der Waals surface area contributed by atoms with Gasteiger partial charge in [0.05, 0.1) is 0 Å². The molecule has 0 aliphatic carbocycles. The van der Waals surface area contributed by atoms with E-state index in [0.29, 0.717) is 10.1 Å². The van der Waals surface area contributed by atoms with Crippen molar-refractivity contribution in [2.45, 2.75) is 0 Å². The van der Waals surface area contributed by atoms with E-state index in [4.69, 9.17) is 18.0 Å². The molecule has 1 aromatic heterocycles. The van der Waals surface area contributed by atoms with E-state index in [0.717, 1.165) is 16.9 Å². The van der Waals surface area contributed by atoms with Gasteiger partial charge in [0.1, 0.15) is 17.2 Å². The van der Waals surface area contributed by atoms with Gasteiger partial charge in [-0.05, 0) is 0 Å². The van der Waals surface area contributed by atoms with Gasteiger partial charge >= 0.3 is 0 Å². The third-order valence-corrected chi connectivity index (χ3v) is 3.27. The van der Waals surface area contributed by atoms with Crippen LogP contribution in [0, 0.1) is 0 Å². The first kappa shape index (κ1) is 14.8. The Labute approximate surface area is 129 Å². The minimum Gasteiger partial charge on any atom is -0.382 e. The fourth-order valence-electron chi connectivity index (χ4n) is 1.99. The van der Waals surface area contributed by atoms with Gasteiger partial charge in [0.15, 0.2) is 4.32 Å². The van der Waals surface area contributed by atoms with Crippen molar-refractivity contribution < 1.29 is 0 Å². The molecule has 1 aromatic carbocycles. The fraction of sp³-hybridized carbons (Fsp3) is 0.231. The fourth-order valence-corrected chi connectivity index (χ4v) is 2.53. The van der Waals surface area contributed by atoms with Crippen LogP contribution < -0.4 is 10.7 Å². The number of thiocarbonyl (C=S) groups is 1. The summed E-state index contributed by atoms with van der Waals surface area (Å²) in [5, 5.41) is 8.08. The first-order valence-electron chi connectivity index (χ1n) is 6.01. The van der Waals surface area contributed by atoms with Gasteiger partial charge in [0, 0.05) is 26.7 Å². The van der Waals surface area contributed by atoms with E-state index in [-0.39, 0.29) is 0 Å². The molecule has 7 heteroatoms. The third kappa shape index (κ3) is 2.65. The van der Waals surface area contributed by atoms with Crippen molar-refractivity contribution in [2.24, 2.45) is 7.05 Å². The molecular formula is C13H17N5S2. The van der Waals surface area contributed by atoms with Gasteiger partial charge in [-0.25, -0.2) is 5.01 Å². The molecule has 1 heterocycles. The van der Waals surface area contributed by atoms with Crippen molar-refractivity contribution in [3.63, 3.8) is 0 Å². The highest BCUT2D eigenvalue weighted by molar-refractivity contribution is 8.11. The molecule has 106 valence electrons. The Morgan fingerprint density at radius 1 is 1.30 bits per heavy atom. The lowest BCUT2D eigenvalue weighted by Gasteiger charge is -2.29. The zero-order valence-electron chi connectivity index (χ0n) is 11.6. The van der Waals surface area contributed by atoms with Crippen LogP contribution in [0.15, 0.2) is 30.3 Å². The smallest absolute Gasteiger partial charge is 0.152 e. The van der Waals surface area contributed by atoms with Gasteiger partial charge in [-0.15, -0.1) is 12.6 Å². The van der Waals surface area contributed by atoms with E-state index in [2.05, 4.69) is 17.7 Å². The number of aromatic nitrogens is 2. The Hall–Kier alpha value is -1.57. The van der Waals surface area contributed by atoms with Crippen LogP contribution in [0.1, 0.15) is 0 Å². The van der Waals surface area contributed by atoms with Gasteiger partial charge in [-0.2, -0.15) is 5.10 Å². The molecule has 0 atom stereocenters. The first-order valence-corrected chi connectivity index (χ1v) is 6.87. The zero-order valence-corrected chi connectivity index (χ0v) is 13.3. The SMILES string of the molecule is CN(C)N(C(=S)S)c1c(-c2ccccc2)nn(C)c1N. The topological polar surface area (TPSA) is 50.3 Å². The minimum absolute atomic E-state index is 0.409. The molecule has 2 N–H and O–H groups in total. The number of hydrogen-bond donors (Lipinski definition) is 2. The van der Waals surface area contributed by atoms with Crippen LogP contribution in [0.5, 0.6) is 0 Å². The Kier molecular flexibility index (Phi) is 4.32. The van der Waals surface area contributed by atoms with Crippen molar-refractivity contribution >= 4 is 40.7 Å². The Morgan fingerprint density at radius 3 is 2.40 bits per heavy atom. The van der Waals surface area contributed by atoms with Gasteiger partial charge in [-0.1, -0.05) is 42.5 Å². The molecule has 0 unspecified atom stereocenters. The Bertz CT molecular complexity index is 621. The van der Waals surface area contributed by atoms with Crippen LogP contribution in [0.3, 0.4) is 0 Å². The predicted octanol–water partition coefficient (Wildman–Crippen LogP) is 2.17.